The molecule has 2 nitrogen and oxygen atoms in total. The van der Waals surface area contributed by atoms with E-state index < -0.39 is 35.3 Å². The summed E-state index contributed by atoms with van der Waals surface area (Å²) in [4.78, 5) is 13.3. The number of benzene rings is 1. The van der Waals surface area contributed by atoms with Gasteiger partial charge in [0.2, 0.25) is 0 Å². The Morgan fingerprint density at radius 1 is 1.00 bits per heavy atom. The van der Waals surface area contributed by atoms with Gasteiger partial charge in [0.05, 0.1) is 0 Å². The Morgan fingerprint density at radius 2 is 1.45 bits per heavy atom. The number of alkyl halides is 6. The van der Waals surface area contributed by atoms with Crippen LogP contribution in [0.5, 0.6) is 0 Å². The highest BCUT2D eigenvalue weighted by molar-refractivity contribution is 5.96. The van der Waals surface area contributed by atoms with Gasteiger partial charge >= 0.3 is 12.4 Å². The lowest BCUT2D eigenvalue weighted by molar-refractivity contribution is -0.253. The average molecular weight is 327 g/mol. The molecule has 0 atom stereocenters. The van der Waals surface area contributed by atoms with Gasteiger partial charge in [-0.05, 0) is 25.5 Å². The van der Waals surface area contributed by atoms with Gasteiger partial charge in [0, 0.05) is 18.7 Å². The maximum Gasteiger partial charge on any atom is 0.404 e. The number of hydrogen-bond donors (Lipinski definition) is 0. The van der Waals surface area contributed by atoms with Crippen molar-refractivity contribution in [3.63, 3.8) is 0 Å². The Labute approximate surface area is 123 Å². The Kier molecular flexibility index (Phi) is 5.48. The molecule has 0 saturated carbocycles. The number of carbonyl (C=O) groups is 1. The minimum absolute atomic E-state index is 0.187. The molecule has 0 heterocycles. The molecule has 1 amide bonds. The van der Waals surface area contributed by atoms with Crippen molar-refractivity contribution in [2.24, 2.45) is 0 Å². The lowest BCUT2D eigenvalue weighted by atomic mass is 9.92. The minimum atomic E-state index is -5.53. The van der Waals surface area contributed by atoms with E-state index in [4.69, 9.17) is 0 Å². The fourth-order valence-corrected chi connectivity index (χ4v) is 2.16. The summed E-state index contributed by atoms with van der Waals surface area (Å²) >= 11 is 0. The first-order chi connectivity index (χ1) is 10.0. The second-order valence-corrected chi connectivity index (χ2v) is 4.58. The third kappa shape index (κ3) is 3.92. The standard InChI is InChI=1S/C14H15F6NO/c1-3-21(4-2)12(22)10-8-6-5-7-9(10)11(13(15,16)17)14(18,19)20/h5-8,11H,3-4H2,1-2H3. The molecule has 0 fully saturated rings. The van der Waals surface area contributed by atoms with Crippen LogP contribution in [0.2, 0.25) is 0 Å². The van der Waals surface area contributed by atoms with E-state index in [1.807, 2.05) is 0 Å². The van der Waals surface area contributed by atoms with Crippen LogP contribution in [-0.2, 0) is 0 Å². The molecule has 22 heavy (non-hydrogen) atoms. The molecular weight excluding hydrogens is 312 g/mol. The van der Waals surface area contributed by atoms with Gasteiger partial charge in [-0.15, -0.1) is 0 Å². The van der Waals surface area contributed by atoms with Gasteiger partial charge < -0.3 is 4.90 Å². The second-order valence-electron chi connectivity index (χ2n) is 4.58. The smallest absolute Gasteiger partial charge is 0.339 e. The molecule has 0 unspecified atom stereocenters. The van der Waals surface area contributed by atoms with Gasteiger partial charge in [0.25, 0.3) is 5.91 Å². The van der Waals surface area contributed by atoms with Gasteiger partial charge in [0.1, 0.15) is 0 Å². The van der Waals surface area contributed by atoms with E-state index in [1.165, 1.54) is 11.0 Å². The molecular formula is C14H15F6NO. The van der Waals surface area contributed by atoms with Crippen molar-refractivity contribution in [1.82, 2.24) is 4.90 Å². The molecule has 0 N–H and O–H groups in total. The van der Waals surface area contributed by atoms with E-state index in [0.29, 0.717) is 6.07 Å². The van der Waals surface area contributed by atoms with Gasteiger partial charge in [-0.2, -0.15) is 26.3 Å². The van der Waals surface area contributed by atoms with Crippen LogP contribution < -0.4 is 0 Å². The summed E-state index contributed by atoms with van der Waals surface area (Å²) in [5.41, 5.74) is -1.65. The first kappa shape index (κ1) is 18.3. The lowest BCUT2D eigenvalue weighted by Crippen LogP contribution is -2.37. The Morgan fingerprint density at radius 3 is 1.86 bits per heavy atom. The fraction of sp³-hybridized carbons (Fsp3) is 0.500. The molecule has 0 spiro atoms. The number of amides is 1. The second kappa shape index (κ2) is 6.58. The Balaban J connectivity index is 3.45. The first-order valence-electron chi connectivity index (χ1n) is 6.55. The average Bonchev–Trinajstić information content (AvgIpc) is 2.37. The molecule has 1 rings (SSSR count). The summed E-state index contributed by atoms with van der Waals surface area (Å²) in [7, 11) is 0. The number of rotatable bonds is 4. The maximum absolute atomic E-state index is 12.9. The monoisotopic (exact) mass is 327 g/mol. The SMILES string of the molecule is CCN(CC)C(=O)c1ccccc1C(C(F)(F)F)C(F)(F)F. The third-order valence-corrected chi connectivity index (χ3v) is 3.21. The predicted molar refractivity (Wildman–Crippen MR) is 68.5 cm³/mol. The molecule has 0 saturated heterocycles. The van der Waals surface area contributed by atoms with E-state index in [2.05, 4.69) is 0 Å². The topological polar surface area (TPSA) is 20.3 Å². The van der Waals surface area contributed by atoms with E-state index in [0.717, 1.165) is 12.1 Å². The highest BCUT2D eigenvalue weighted by atomic mass is 19.4. The van der Waals surface area contributed by atoms with Crippen molar-refractivity contribution < 1.29 is 31.1 Å². The van der Waals surface area contributed by atoms with Crippen molar-refractivity contribution >= 4 is 5.91 Å². The quantitative estimate of drug-likeness (QED) is 0.752. The van der Waals surface area contributed by atoms with E-state index in [1.54, 1.807) is 13.8 Å². The summed E-state index contributed by atoms with van der Waals surface area (Å²) in [5.74, 6) is -4.53. The van der Waals surface area contributed by atoms with E-state index in [-0.39, 0.29) is 13.1 Å². The van der Waals surface area contributed by atoms with Gasteiger partial charge in [-0.3, -0.25) is 4.79 Å². The van der Waals surface area contributed by atoms with Gasteiger partial charge in [-0.1, -0.05) is 18.2 Å². The number of nitrogens with zero attached hydrogens (tertiary/aromatic N) is 1. The summed E-state index contributed by atoms with van der Waals surface area (Å²) in [6.45, 7) is 3.56. The van der Waals surface area contributed by atoms with Crippen LogP contribution >= 0.6 is 0 Å². The van der Waals surface area contributed by atoms with Crippen molar-refractivity contribution in [2.75, 3.05) is 13.1 Å². The fourth-order valence-electron chi connectivity index (χ4n) is 2.16. The van der Waals surface area contributed by atoms with Gasteiger partial charge in [-0.25, -0.2) is 0 Å². The zero-order valence-corrected chi connectivity index (χ0v) is 11.9. The van der Waals surface area contributed by atoms with Crippen molar-refractivity contribution in [1.29, 1.82) is 0 Å². The molecule has 124 valence electrons. The molecule has 1 aromatic rings. The summed E-state index contributed by atoms with van der Waals surface area (Å²) in [6, 6.07) is 3.98. The van der Waals surface area contributed by atoms with Crippen LogP contribution in [0.1, 0.15) is 35.7 Å². The highest BCUT2D eigenvalue weighted by Gasteiger charge is 2.58. The normalized spacial score (nSPS) is 12.6. The van der Waals surface area contributed by atoms with Crippen molar-refractivity contribution in [2.45, 2.75) is 32.1 Å². The van der Waals surface area contributed by atoms with Crippen LogP contribution in [0.4, 0.5) is 26.3 Å². The number of hydrogen-bond acceptors (Lipinski definition) is 1. The first-order valence-corrected chi connectivity index (χ1v) is 6.55. The van der Waals surface area contributed by atoms with Crippen LogP contribution in [-0.4, -0.2) is 36.2 Å². The van der Waals surface area contributed by atoms with Crippen LogP contribution in [0.15, 0.2) is 24.3 Å². The largest absolute Gasteiger partial charge is 0.404 e. The zero-order valence-electron chi connectivity index (χ0n) is 11.9. The van der Waals surface area contributed by atoms with Crippen LogP contribution in [0.3, 0.4) is 0 Å². The van der Waals surface area contributed by atoms with Gasteiger partial charge in [0.15, 0.2) is 5.92 Å². The molecule has 0 aliphatic carbocycles. The van der Waals surface area contributed by atoms with Crippen LogP contribution in [0, 0.1) is 0 Å². The summed E-state index contributed by atoms with van der Waals surface area (Å²) < 4.78 is 77.2. The van der Waals surface area contributed by atoms with Crippen LogP contribution in [0.25, 0.3) is 0 Å². The molecule has 0 radical (unpaired) electrons. The molecule has 0 aliphatic rings. The molecule has 8 heteroatoms. The van der Waals surface area contributed by atoms with Crippen molar-refractivity contribution in [3.05, 3.63) is 35.4 Å². The molecule has 0 aliphatic heterocycles. The summed E-state index contributed by atoms with van der Waals surface area (Å²) in [6.07, 6.45) is -11.1. The Bertz CT molecular complexity index is 505. The number of carbonyl (C=O) groups excluding carboxylic acids is 1. The third-order valence-electron chi connectivity index (χ3n) is 3.21. The molecule has 0 bridgehead atoms. The van der Waals surface area contributed by atoms with E-state index >= 15 is 0 Å². The molecule has 0 aromatic heterocycles. The molecule has 1 aromatic carbocycles. The Hall–Kier alpha value is -1.73. The minimum Gasteiger partial charge on any atom is -0.339 e. The highest BCUT2D eigenvalue weighted by Crippen LogP contribution is 2.47. The maximum atomic E-state index is 12.9. The number of halogens is 6. The lowest BCUT2D eigenvalue weighted by Gasteiger charge is -2.27. The van der Waals surface area contributed by atoms with E-state index in [9.17, 15) is 31.1 Å². The van der Waals surface area contributed by atoms with Crippen molar-refractivity contribution in [3.8, 4) is 0 Å². The zero-order chi connectivity index (χ0) is 17.1. The summed E-state index contributed by atoms with van der Waals surface area (Å²) in [5, 5.41) is 0. The predicted octanol–water partition coefficient (Wildman–Crippen LogP) is 4.38.